The fourth-order valence-electron chi connectivity index (χ4n) is 5.43. The molecule has 0 saturated carbocycles. The van der Waals surface area contributed by atoms with Gasteiger partial charge < -0.3 is 4.74 Å². The van der Waals surface area contributed by atoms with Crippen molar-refractivity contribution in [2.75, 3.05) is 0 Å². The van der Waals surface area contributed by atoms with Crippen molar-refractivity contribution in [3.8, 4) is 22.8 Å². The Kier molecular flexibility index (Phi) is 5.07. The van der Waals surface area contributed by atoms with E-state index in [-0.39, 0.29) is 6.10 Å². The van der Waals surface area contributed by atoms with Gasteiger partial charge in [0.1, 0.15) is 11.4 Å². The Bertz CT molecular complexity index is 1700. The number of imidazole rings is 1. The first-order valence-corrected chi connectivity index (χ1v) is 12.2. The zero-order valence-corrected chi connectivity index (χ0v) is 20.6. The maximum absolute atomic E-state index is 6.24. The average molecular weight is 458 g/mol. The average Bonchev–Trinajstić information content (AvgIpc) is 3.19. The molecule has 0 aliphatic rings. The standard InChI is InChI=1S/C32H29N2O/c1-21(2)35-28-20-19-26-25-17-11-12-18-27(25)30-31(29(26)22(28)3)33(4)32(23-13-7-5-8-14-23)34(30)24-15-9-6-10-16-24/h5-21H,1-4H3/q+1. The number of benzene rings is 5. The summed E-state index contributed by atoms with van der Waals surface area (Å²) in [6.45, 7) is 6.36. The van der Waals surface area contributed by atoms with E-state index in [0.717, 1.165) is 17.3 Å². The number of nitrogens with zero attached hydrogens (tertiary/aromatic N) is 2. The Morgan fingerprint density at radius 3 is 2.03 bits per heavy atom. The van der Waals surface area contributed by atoms with Gasteiger partial charge in [0.25, 0.3) is 5.82 Å². The first kappa shape index (κ1) is 21.4. The van der Waals surface area contributed by atoms with E-state index in [0.29, 0.717) is 0 Å². The second-order valence-corrected chi connectivity index (χ2v) is 9.44. The van der Waals surface area contributed by atoms with Crippen LogP contribution < -0.4 is 9.30 Å². The summed E-state index contributed by atoms with van der Waals surface area (Å²) in [4.78, 5) is 0. The minimum atomic E-state index is 0.115. The van der Waals surface area contributed by atoms with Gasteiger partial charge in [-0.15, -0.1) is 0 Å². The van der Waals surface area contributed by atoms with E-state index in [1.54, 1.807) is 0 Å². The largest absolute Gasteiger partial charge is 0.491 e. The Balaban J connectivity index is 1.90. The molecule has 6 aromatic rings. The smallest absolute Gasteiger partial charge is 0.294 e. The lowest BCUT2D eigenvalue weighted by atomic mass is 9.96. The topological polar surface area (TPSA) is 18.0 Å². The fourth-order valence-corrected chi connectivity index (χ4v) is 5.43. The molecule has 0 bridgehead atoms. The van der Waals surface area contributed by atoms with Crippen molar-refractivity contribution >= 4 is 32.6 Å². The molecule has 0 fully saturated rings. The molecule has 5 aromatic carbocycles. The number of hydrogen-bond acceptors (Lipinski definition) is 1. The summed E-state index contributed by atoms with van der Waals surface area (Å²) >= 11 is 0. The molecule has 172 valence electrons. The number of aryl methyl sites for hydroxylation is 2. The van der Waals surface area contributed by atoms with Crippen LogP contribution in [0.5, 0.6) is 5.75 Å². The van der Waals surface area contributed by atoms with Gasteiger partial charge in [-0.3, -0.25) is 0 Å². The van der Waals surface area contributed by atoms with Crippen LogP contribution in [0.25, 0.3) is 49.7 Å². The first-order valence-electron chi connectivity index (χ1n) is 12.2. The molecule has 0 spiro atoms. The van der Waals surface area contributed by atoms with Crippen molar-refractivity contribution < 1.29 is 9.30 Å². The van der Waals surface area contributed by atoms with Gasteiger partial charge in [-0.1, -0.05) is 54.6 Å². The van der Waals surface area contributed by atoms with Crippen LogP contribution in [0.3, 0.4) is 0 Å². The zero-order chi connectivity index (χ0) is 24.1. The number of hydrogen-bond donors (Lipinski definition) is 0. The summed E-state index contributed by atoms with van der Waals surface area (Å²) in [5, 5.41) is 4.99. The SMILES string of the molecule is Cc1c(OC(C)C)ccc2c3ccccc3c3c(c12)[n+](C)c(-c1ccccc1)n3-c1ccccc1. The van der Waals surface area contributed by atoms with Crippen molar-refractivity contribution in [1.29, 1.82) is 0 Å². The van der Waals surface area contributed by atoms with Gasteiger partial charge in [0, 0.05) is 16.3 Å². The van der Waals surface area contributed by atoms with E-state index in [1.165, 1.54) is 43.7 Å². The number of aromatic nitrogens is 2. The molecule has 0 aliphatic carbocycles. The highest BCUT2D eigenvalue weighted by Crippen LogP contribution is 2.41. The molecule has 0 unspecified atom stereocenters. The minimum absolute atomic E-state index is 0.115. The van der Waals surface area contributed by atoms with Crippen LogP contribution in [0.1, 0.15) is 19.4 Å². The summed E-state index contributed by atoms with van der Waals surface area (Å²) in [5.41, 5.74) is 5.93. The first-order chi connectivity index (χ1) is 17.1. The van der Waals surface area contributed by atoms with E-state index in [4.69, 9.17) is 4.74 Å². The van der Waals surface area contributed by atoms with Crippen LogP contribution in [-0.4, -0.2) is 10.7 Å². The monoisotopic (exact) mass is 457 g/mol. The summed E-state index contributed by atoms with van der Waals surface area (Å²) in [6.07, 6.45) is 0.115. The summed E-state index contributed by atoms with van der Waals surface area (Å²) in [7, 11) is 2.19. The number of para-hydroxylation sites is 1. The quantitative estimate of drug-likeness (QED) is 0.198. The molecule has 3 nitrogen and oxygen atoms in total. The third-order valence-electron chi connectivity index (χ3n) is 6.85. The predicted octanol–water partition coefficient (Wildman–Crippen LogP) is 7.52. The Hall–Kier alpha value is -4.11. The molecule has 1 heterocycles. The van der Waals surface area contributed by atoms with Crippen molar-refractivity contribution in [1.82, 2.24) is 4.57 Å². The van der Waals surface area contributed by atoms with Crippen molar-refractivity contribution in [3.63, 3.8) is 0 Å². The van der Waals surface area contributed by atoms with Crippen LogP contribution >= 0.6 is 0 Å². The fraction of sp³-hybridized carbons (Fsp3) is 0.156. The molecular weight excluding hydrogens is 428 g/mol. The van der Waals surface area contributed by atoms with E-state index in [1.807, 2.05) is 0 Å². The van der Waals surface area contributed by atoms with Gasteiger partial charge in [-0.05, 0) is 74.0 Å². The van der Waals surface area contributed by atoms with Crippen LogP contribution in [0, 0.1) is 6.92 Å². The minimum Gasteiger partial charge on any atom is -0.491 e. The van der Waals surface area contributed by atoms with Crippen molar-refractivity contribution in [2.24, 2.45) is 7.05 Å². The molecule has 0 saturated heterocycles. The molecule has 0 radical (unpaired) electrons. The van der Waals surface area contributed by atoms with E-state index in [2.05, 4.69) is 134 Å². The van der Waals surface area contributed by atoms with Crippen LogP contribution in [0.15, 0.2) is 97.1 Å². The van der Waals surface area contributed by atoms with E-state index < -0.39 is 0 Å². The number of fused-ring (bicyclic) bond motifs is 6. The zero-order valence-electron chi connectivity index (χ0n) is 20.6. The maximum atomic E-state index is 6.24. The van der Waals surface area contributed by atoms with E-state index in [9.17, 15) is 0 Å². The van der Waals surface area contributed by atoms with Crippen LogP contribution in [0.2, 0.25) is 0 Å². The Labute approximate surface area is 205 Å². The van der Waals surface area contributed by atoms with Gasteiger partial charge in [0.2, 0.25) is 0 Å². The molecule has 3 heteroatoms. The van der Waals surface area contributed by atoms with Gasteiger partial charge in [-0.25, -0.2) is 4.57 Å². The molecule has 0 amide bonds. The normalized spacial score (nSPS) is 11.7. The second kappa shape index (κ2) is 8.28. The van der Waals surface area contributed by atoms with Gasteiger partial charge in [0.15, 0.2) is 11.0 Å². The maximum Gasteiger partial charge on any atom is 0.294 e. The molecule has 0 atom stereocenters. The lowest BCUT2D eigenvalue weighted by molar-refractivity contribution is -0.633. The van der Waals surface area contributed by atoms with E-state index >= 15 is 0 Å². The molecular formula is C32H29N2O+. The second-order valence-electron chi connectivity index (χ2n) is 9.44. The third kappa shape index (κ3) is 3.30. The molecule has 1 aromatic heterocycles. The van der Waals surface area contributed by atoms with Gasteiger partial charge in [-0.2, -0.15) is 4.57 Å². The lowest BCUT2D eigenvalue weighted by Crippen LogP contribution is -2.30. The highest BCUT2D eigenvalue weighted by molar-refractivity contribution is 6.24. The number of rotatable bonds is 4. The van der Waals surface area contributed by atoms with Crippen molar-refractivity contribution in [3.05, 3.63) is 103 Å². The predicted molar refractivity (Wildman–Crippen MR) is 145 cm³/mol. The van der Waals surface area contributed by atoms with Crippen molar-refractivity contribution in [2.45, 2.75) is 26.9 Å². The third-order valence-corrected chi connectivity index (χ3v) is 6.85. The summed E-state index contributed by atoms with van der Waals surface area (Å²) in [5.74, 6) is 2.09. The molecule has 35 heavy (non-hydrogen) atoms. The number of ether oxygens (including phenoxy) is 1. The molecule has 0 aliphatic heterocycles. The molecule has 0 N–H and O–H groups in total. The van der Waals surface area contributed by atoms with Crippen LogP contribution in [0.4, 0.5) is 0 Å². The highest BCUT2D eigenvalue weighted by Gasteiger charge is 2.30. The summed E-state index contributed by atoms with van der Waals surface area (Å²) < 4.78 is 11.0. The van der Waals surface area contributed by atoms with Crippen LogP contribution in [-0.2, 0) is 7.05 Å². The Morgan fingerprint density at radius 2 is 1.34 bits per heavy atom. The summed E-state index contributed by atoms with van der Waals surface area (Å²) in [6, 6.07) is 34.5. The van der Waals surface area contributed by atoms with Gasteiger partial charge in [0.05, 0.1) is 18.7 Å². The molecule has 6 rings (SSSR count). The van der Waals surface area contributed by atoms with Gasteiger partial charge >= 0.3 is 0 Å². The Morgan fingerprint density at radius 1 is 0.714 bits per heavy atom. The lowest BCUT2D eigenvalue weighted by Gasteiger charge is -2.15. The highest BCUT2D eigenvalue weighted by atomic mass is 16.5.